The van der Waals surface area contributed by atoms with Crippen molar-refractivity contribution in [3.05, 3.63) is 0 Å². The van der Waals surface area contributed by atoms with Gasteiger partial charge in [-0.3, -0.25) is 4.79 Å². The smallest absolute Gasteiger partial charge is 0.254 e. The topological polar surface area (TPSA) is 49.8 Å². The van der Waals surface area contributed by atoms with E-state index in [1.54, 1.807) is 18.7 Å². The first-order valence-corrected chi connectivity index (χ1v) is 5.00. The summed E-state index contributed by atoms with van der Waals surface area (Å²) in [6.07, 6.45) is 1.86. The Morgan fingerprint density at radius 2 is 2.29 bits per heavy atom. The average molecular weight is 201 g/mol. The number of aliphatic hydroxyl groups excluding tert-OH is 1. The Labute approximate surface area is 84.8 Å². The van der Waals surface area contributed by atoms with Crippen molar-refractivity contribution in [2.24, 2.45) is 0 Å². The van der Waals surface area contributed by atoms with Crippen LogP contribution in [0.5, 0.6) is 0 Å². The van der Waals surface area contributed by atoms with Crippen LogP contribution in [0.25, 0.3) is 0 Å². The zero-order chi connectivity index (χ0) is 10.8. The van der Waals surface area contributed by atoms with Crippen molar-refractivity contribution in [1.82, 2.24) is 4.90 Å². The molecular formula is C10H19NO3. The summed E-state index contributed by atoms with van der Waals surface area (Å²) in [5.74, 6) is -0.0310. The zero-order valence-corrected chi connectivity index (χ0v) is 9.12. The summed E-state index contributed by atoms with van der Waals surface area (Å²) in [6, 6.07) is -0.0167. The van der Waals surface area contributed by atoms with Crippen LogP contribution in [-0.4, -0.2) is 47.8 Å². The molecule has 1 fully saturated rings. The summed E-state index contributed by atoms with van der Waals surface area (Å²) in [5.41, 5.74) is -0.780. The van der Waals surface area contributed by atoms with Gasteiger partial charge in [-0.2, -0.15) is 0 Å². The average Bonchev–Trinajstić information content (AvgIpc) is 2.64. The predicted octanol–water partition coefficient (Wildman–Crippen LogP) is 0.395. The molecule has 0 saturated carbocycles. The third-order valence-corrected chi connectivity index (χ3v) is 2.87. The van der Waals surface area contributed by atoms with Crippen LogP contribution in [0.1, 0.15) is 26.7 Å². The van der Waals surface area contributed by atoms with Gasteiger partial charge in [0.1, 0.15) is 5.60 Å². The van der Waals surface area contributed by atoms with Gasteiger partial charge in [-0.05, 0) is 26.7 Å². The van der Waals surface area contributed by atoms with Gasteiger partial charge >= 0.3 is 0 Å². The molecule has 0 aromatic carbocycles. The molecule has 1 heterocycles. The second-order valence-electron chi connectivity index (χ2n) is 4.19. The fourth-order valence-corrected chi connectivity index (χ4v) is 1.73. The van der Waals surface area contributed by atoms with E-state index in [9.17, 15) is 4.79 Å². The number of aliphatic hydroxyl groups is 1. The fraction of sp³-hybridized carbons (Fsp3) is 0.900. The largest absolute Gasteiger partial charge is 0.394 e. The van der Waals surface area contributed by atoms with Crippen LogP contribution >= 0.6 is 0 Å². The Hall–Kier alpha value is -0.610. The van der Waals surface area contributed by atoms with Crippen molar-refractivity contribution < 1.29 is 14.6 Å². The zero-order valence-electron chi connectivity index (χ0n) is 9.12. The van der Waals surface area contributed by atoms with Crippen molar-refractivity contribution in [2.45, 2.75) is 38.3 Å². The molecule has 1 rings (SSSR count). The molecule has 0 radical (unpaired) electrons. The Kier molecular flexibility index (Phi) is 3.50. The van der Waals surface area contributed by atoms with Gasteiger partial charge in [0.15, 0.2) is 0 Å². The Bertz CT molecular complexity index is 215. The van der Waals surface area contributed by atoms with Crippen molar-refractivity contribution in [3.63, 3.8) is 0 Å². The molecule has 1 atom stereocenters. The molecule has 1 N–H and O–H groups in total. The molecule has 0 unspecified atom stereocenters. The van der Waals surface area contributed by atoms with Gasteiger partial charge in [0.05, 0.1) is 12.6 Å². The van der Waals surface area contributed by atoms with E-state index in [2.05, 4.69) is 0 Å². The lowest BCUT2D eigenvalue weighted by molar-refractivity contribution is -0.152. The summed E-state index contributed by atoms with van der Waals surface area (Å²) in [7, 11) is 1.53. The minimum atomic E-state index is -0.780. The van der Waals surface area contributed by atoms with Gasteiger partial charge in [0.2, 0.25) is 0 Å². The first-order valence-electron chi connectivity index (χ1n) is 5.00. The molecule has 82 valence electrons. The van der Waals surface area contributed by atoms with E-state index in [1.165, 1.54) is 7.11 Å². The molecule has 4 heteroatoms. The molecule has 1 aliphatic heterocycles. The number of methoxy groups -OCH3 is 1. The second kappa shape index (κ2) is 4.28. The number of amides is 1. The quantitative estimate of drug-likeness (QED) is 0.719. The third kappa shape index (κ3) is 2.07. The van der Waals surface area contributed by atoms with E-state index < -0.39 is 5.60 Å². The van der Waals surface area contributed by atoms with Gasteiger partial charge in [0, 0.05) is 13.7 Å². The summed E-state index contributed by atoms with van der Waals surface area (Å²) in [4.78, 5) is 13.7. The molecule has 1 aliphatic rings. The van der Waals surface area contributed by atoms with Crippen LogP contribution in [0.15, 0.2) is 0 Å². The highest BCUT2D eigenvalue weighted by Gasteiger charge is 2.37. The van der Waals surface area contributed by atoms with E-state index >= 15 is 0 Å². The van der Waals surface area contributed by atoms with E-state index in [4.69, 9.17) is 9.84 Å². The maximum absolute atomic E-state index is 12.0. The number of rotatable bonds is 3. The van der Waals surface area contributed by atoms with Crippen LogP contribution in [-0.2, 0) is 9.53 Å². The third-order valence-electron chi connectivity index (χ3n) is 2.87. The van der Waals surface area contributed by atoms with E-state index in [-0.39, 0.29) is 18.6 Å². The SMILES string of the molecule is COC(C)(C)C(=O)N1CCC[C@@H]1CO. The molecule has 14 heavy (non-hydrogen) atoms. The fourth-order valence-electron chi connectivity index (χ4n) is 1.73. The molecule has 0 bridgehead atoms. The minimum absolute atomic E-state index is 0.0167. The minimum Gasteiger partial charge on any atom is -0.394 e. The lowest BCUT2D eigenvalue weighted by atomic mass is 10.1. The maximum atomic E-state index is 12.0. The number of hydrogen-bond donors (Lipinski definition) is 1. The van der Waals surface area contributed by atoms with Crippen molar-refractivity contribution in [3.8, 4) is 0 Å². The number of carbonyl (C=O) groups excluding carboxylic acids is 1. The molecular weight excluding hydrogens is 182 g/mol. The molecule has 0 aliphatic carbocycles. The lowest BCUT2D eigenvalue weighted by Gasteiger charge is -2.31. The van der Waals surface area contributed by atoms with Crippen LogP contribution in [0.2, 0.25) is 0 Å². The number of likely N-dealkylation sites (tertiary alicyclic amines) is 1. The molecule has 1 amide bonds. The van der Waals surface area contributed by atoms with Crippen molar-refractivity contribution in [1.29, 1.82) is 0 Å². The van der Waals surface area contributed by atoms with Crippen LogP contribution in [0.3, 0.4) is 0 Å². The summed E-state index contributed by atoms with van der Waals surface area (Å²) < 4.78 is 5.13. The molecule has 0 aromatic heterocycles. The van der Waals surface area contributed by atoms with Crippen molar-refractivity contribution >= 4 is 5.91 Å². The summed E-state index contributed by atoms with van der Waals surface area (Å²) in [6.45, 7) is 4.28. The summed E-state index contributed by atoms with van der Waals surface area (Å²) >= 11 is 0. The molecule has 0 spiro atoms. The predicted molar refractivity (Wildman–Crippen MR) is 52.9 cm³/mol. The first kappa shape index (κ1) is 11.5. The van der Waals surface area contributed by atoms with Gasteiger partial charge < -0.3 is 14.7 Å². The van der Waals surface area contributed by atoms with Gasteiger partial charge in [-0.1, -0.05) is 0 Å². The monoisotopic (exact) mass is 201 g/mol. The Morgan fingerprint density at radius 3 is 2.79 bits per heavy atom. The van der Waals surface area contributed by atoms with Crippen LogP contribution < -0.4 is 0 Å². The number of nitrogens with zero attached hydrogens (tertiary/aromatic N) is 1. The van der Waals surface area contributed by atoms with E-state index in [1.807, 2.05) is 0 Å². The van der Waals surface area contributed by atoms with Crippen LogP contribution in [0, 0.1) is 0 Å². The molecule has 0 aromatic rings. The highest BCUT2D eigenvalue weighted by atomic mass is 16.5. The highest BCUT2D eigenvalue weighted by molar-refractivity contribution is 5.84. The summed E-state index contributed by atoms with van der Waals surface area (Å²) in [5, 5.41) is 9.09. The van der Waals surface area contributed by atoms with Crippen molar-refractivity contribution in [2.75, 3.05) is 20.3 Å². The van der Waals surface area contributed by atoms with Gasteiger partial charge in [0.25, 0.3) is 5.91 Å². The number of ether oxygens (including phenoxy) is 1. The van der Waals surface area contributed by atoms with E-state index in [0.717, 1.165) is 19.4 Å². The second-order valence-corrected chi connectivity index (χ2v) is 4.19. The molecule has 4 nitrogen and oxygen atoms in total. The number of carbonyl (C=O) groups is 1. The lowest BCUT2D eigenvalue weighted by Crippen LogP contribution is -2.49. The van der Waals surface area contributed by atoms with Crippen LogP contribution in [0.4, 0.5) is 0 Å². The van der Waals surface area contributed by atoms with E-state index in [0.29, 0.717) is 0 Å². The highest BCUT2D eigenvalue weighted by Crippen LogP contribution is 2.22. The maximum Gasteiger partial charge on any atom is 0.254 e. The normalized spacial score (nSPS) is 22.9. The van der Waals surface area contributed by atoms with Gasteiger partial charge in [-0.15, -0.1) is 0 Å². The standard InChI is InChI=1S/C10H19NO3/c1-10(2,14-3)9(13)11-6-4-5-8(11)7-12/h8,12H,4-7H2,1-3H3/t8-/m1/s1. The Morgan fingerprint density at radius 1 is 1.64 bits per heavy atom. The first-order chi connectivity index (χ1) is 6.53. The molecule has 1 saturated heterocycles. The Balaban J connectivity index is 2.69. The number of hydrogen-bond acceptors (Lipinski definition) is 3. The van der Waals surface area contributed by atoms with Gasteiger partial charge in [-0.25, -0.2) is 0 Å².